The lowest BCUT2D eigenvalue weighted by Crippen LogP contribution is -1.77. The lowest BCUT2D eigenvalue weighted by atomic mass is 10.4. The van der Waals surface area contributed by atoms with Crippen LogP contribution in [0.5, 0.6) is 0 Å². The number of halogens is 1. The SMILES string of the molecule is Brc1cnc2nc(C3CC3)oc2c1. The minimum absolute atomic E-state index is 0.549. The summed E-state index contributed by atoms with van der Waals surface area (Å²) in [6.45, 7) is 0. The third kappa shape index (κ3) is 1.25. The van der Waals surface area contributed by atoms with Crippen LogP contribution in [0.15, 0.2) is 21.2 Å². The molecule has 0 unspecified atom stereocenters. The molecule has 0 aliphatic heterocycles. The third-order valence-corrected chi connectivity index (χ3v) is 2.59. The number of aromatic nitrogens is 2. The molecule has 1 fully saturated rings. The lowest BCUT2D eigenvalue weighted by molar-refractivity contribution is 0.533. The van der Waals surface area contributed by atoms with E-state index in [-0.39, 0.29) is 0 Å². The van der Waals surface area contributed by atoms with Crippen LogP contribution < -0.4 is 0 Å². The largest absolute Gasteiger partial charge is 0.439 e. The van der Waals surface area contributed by atoms with Gasteiger partial charge in [-0.25, -0.2) is 4.98 Å². The van der Waals surface area contributed by atoms with E-state index < -0.39 is 0 Å². The van der Waals surface area contributed by atoms with Gasteiger partial charge in [-0.1, -0.05) is 0 Å². The van der Waals surface area contributed by atoms with E-state index in [9.17, 15) is 0 Å². The Balaban J connectivity index is 2.20. The minimum Gasteiger partial charge on any atom is -0.439 e. The zero-order valence-corrected chi connectivity index (χ0v) is 8.41. The molecule has 0 bridgehead atoms. The van der Waals surface area contributed by atoms with Gasteiger partial charge in [-0.3, -0.25) is 0 Å². The maximum absolute atomic E-state index is 5.57. The molecule has 3 rings (SSSR count). The molecule has 0 saturated heterocycles. The van der Waals surface area contributed by atoms with Gasteiger partial charge >= 0.3 is 0 Å². The average molecular weight is 239 g/mol. The molecule has 0 N–H and O–H groups in total. The third-order valence-electron chi connectivity index (χ3n) is 2.16. The van der Waals surface area contributed by atoms with E-state index >= 15 is 0 Å². The molecule has 2 heterocycles. The molecule has 1 saturated carbocycles. The number of fused-ring (bicyclic) bond motifs is 1. The second kappa shape index (κ2) is 2.54. The highest BCUT2D eigenvalue weighted by atomic mass is 79.9. The number of pyridine rings is 1. The second-order valence-electron chi connectivity index (χ2n) is 3.30. The van der Waals surface area contributed by atoms with Crippen LogP contribution in [0.1, 0.15) is 24.7 Å². The highest BCUT2D eigenvalue weighted by Gasteiger charge is 2.29. The number of nitrogens with zero attached hydrogens (tertiary/aromatic N) is 2. The fourth-order valence-corrected chi connectivity index (χ4v) is 1.63. The molecular weight excluding hydrogens is 232 g/mol. The van der Waals surface area contributed by atoms with Crippen molar-refractivity contribution in [3.8, 4) is 0 Å². The van der Waals surface area contributed by atoms with Gasteiger partial charge in [0, 0.05) is 22.7 Å². The Morgan fingerprint density at radius 3 is 3.08 bits per heavy atom. The predicted octanol–water partition coefficient (Wildman–Crippen LogP) is 2.86. The van der Waals surface area contributed by atoms with Crippen molar-refractivity contribution in [3.63, 3.8) is 0 Å². The van der Waals surface area contributed by atoms with Crippen LogP contribution in [0, 0.1) is 0 Å². The van der Waals surface area contributed by atoms with Crippen LogP contribution in [0.3, 0.4) is 0 Å². The van der Waals surface area contributed by atoms with Crippen LogP contribution >= 0.6 is 15.9 Å². The van der Waals surface area contributed by atoms with Crippen molar-refractivity contribution in [2.75, 3.05) is 0 Å². The molecule has 3 nitrogen and oxygen atoms in total. The van der Waals surface area contributed by atoms with E-state index in [1.807, 2.05) is 6.07 Å². The van der Waals surface area contributed by atoms with Gasteiger partial charge in [0.2, 0.25) is 0 Å². The smallest absolute Gasteiger partial charge is 0.200 e. The Morgan fingerprint density at radius 2 is 2.31 bits per heavy atom. The Bertz CT molecular complexity index is 462. The molecule has 1 aliphatic carbocycles. The Hall–Kier alpha value is -0.900. The van der Waals surface area contributed by atoms with Gasteiger partial charge in [-0.05, 0) is 28.8 Å². The van der Waals surface area contributed by atoms with Crippen LogP contribution in [-0.2, 0) is 0 Å². The molecule has 1 aliphatic rings. The highest BCUT2D eigenvalue weighted by molar-refractivity contribution is 9.10. The minimum atomic E-state index is 0.549. The van der Waals surface area contributed by atoms with Crippen molar-refractivity contribution >= 4 is 27.2 Å². The summed E-state index contributed by atoms with van der Waals surface area (Å²) in [5.74, 6) is 1.40. The second-order valence-corrected chi connectivity index (χ2v) is 4.22. The Morgan fingerprint density at radius 1 is 1.46 bits per heavy atom. The van der Waals surface area contributed by atoms with Crippen LogP contribution in [0.2, 0.25) is 0 Å². The number of hydrogen-bond acceptors (Lipinski definition) is 3. The van der Waals surface area contributed by atoms with Gasteiger partial charge in [0.15, 0.2) is 17.1 Å². The lowest BCUT2D eigenvalue weighted by Gasteiger charge is -1.85. The van der Waals surface area contributed by atoms with Gasteiger partial charge in [-0.2, -0.15) is 4.98 Å². The first kappa shape index (κ1) is 7.50. The van der Waals surface area contributed by atoms with Crippen molar-refractivity contribution in [1.29, 1.82) is 0 Å². The van der Waals surface area contributed by atoms with E-state index in [1.54, 1.807) is 6.20 Å². The highest BCUT2D eigenvalue weighted by Crippen LogP contribution is 2.40. The molecule has 0 spiro atoms. The maximum Gasteiger partial charge on any atom is 0.200 e. The molecule has 2 aromatic heterocycles. The molecule has 66 valence electrons. The van der Waals surface area contributed by atoms with Gasteiger partial charge < -0.3 is 4.42 Å². The molecule has 0 radical (unpaired) electrons. The quantitative estimate of drug-likeness (QED) is 0.767. The first-order valence-electron chi connectivity index (χ1n) is 4.25. The van der Waals surface area contributed by atoms with E-state index in [4.69, 9.17) is 4.42 Å². The zero-order valence-electron chi connectivity index (χ0n) is 6.83. The summed E-state index contributed by atoms with van der Waals surface area (Å²) in [7, 11) is 0. The fraction of sp³-hybridized carbons (Fsp3) is 0.333. The summed E-state index contributed by atoms with van der Waals surface area (Å²) in [5, 5.41) is 0. The molecule has 13 heavy (non-hydrogen) atoms. The van der Waals surface area contributed by atoms with Gasteiger partial charge in [0.05, 0.1) is 0 Å². The van der Waals surface area contributed by atoms with Crippen molar-refractivity contribution in [3.05, 3.63) is 22.6 Å². The number of oxazole rings is 1. The normalized spacial score (nSPS) is 16.7. The van der Waals surface area contributed by atoms with Crippen LogP contribution in [0.25, 0.3) is 11.2 Å². The van der Waals surface area contributed by atoms with Crippen molar-refractivity contribution < 1.29 is 4.42 Å². The predicted molar refractivity (Wildman–Crippen MR) is 51.5 cm³/mol. The van der Waals surface area contributed by atoms with Crippen LogP contribution in [-0.4, -0.2) is 9.97 Å². The molecule has 4 heteroatoms. The molecule has 2 aromatic rings. The van der Waals surface area contributed by atoms with E-state index in [1.165, 1.54) is 12.8 Å². The monoisotopic (exact) mass is 238 g/mol. The van der Waals surface area contributed by atoms with Gasteiger partial charge in [0.1, 0.15) is 0 Å². The summed E-state index contributed by atoms with van der Waals surface area (Å²) in [4.78, 5) is 8.48. The Labute approximate surface area is 83.3 Å². The first-order chi connectivity index (χ1) is 6.33. The molecular formula is C9H7BrN2O. The van der Waals surface area contributed by atoms with Crippen molar-refractivity contribution in [1.82, 2.24) is 9.97 Å². The van der Waals surface area contributed by atoms with Crippen LogP contribution in [0.4, 0.5) is 0 Å². The van der Waals surface area contributed by atoms with E-state index in [0.29, 0.717) is 11.6 Å². The van der Waals surface area contributed by atoms with Gasteiger partial charge in [-0.15, -0.1) is 0 Å². The summed E-state index contributed by atoms with van der Waals surface area (Å²) in [6, 6.07) is 1.90. The topological polar surface area (TPSA) is 38.9 Å². The summed E-state index contributed by atoms with van der Waals surface area (Å²) < 4.78 is 6.50. The standard InChI is InChI=1S/C9H7BrN2O/c10-6-3-7-8(11-4-6)12-9(13-7)5-1-2-5/h3-5H,1-2H2. The van der Waals surface area contributed by atoms with Crippen molar-refractivity contribution in [2.45, 2.75) is 18.8 Å². The molecule has 0 amide bonds. The van der Waals surface area contributed by atoms with E-state index in [2.05, 4.69) is 25.9 Å². The summed E-state index contributed by atoms with van der Waals surface area (Å²) >= 11 is 3.34. The number of hydrogen-bond donors (Lipinski definition) is 0. The van der Waals surface area contributed by atoms with Gasteiger partial charge in [0.25, 0.3) is 0 Å². The average Bonchev–Trinajstić information content (AvgIpc) is 2.87. The summed E-state index contributed by atoms with van der Waals surface area (Å²) in [6.07, 6.45) is 4.14. The zero-order chi connectivity index (χ0) is 8.84. The molecule has 0 atom stereocenters. The Kier molecular flexibility index (Phi) is 1.47. The number of rotatable bonds is 1. The first-order valence-corrected chi connectivity index (χ1v) is 5.04. The maximum atomic E-state index is 5.57. The summed E-state index contributed by atoms with van der Waals surface area (Å²) in [5.41, 5.74) is 1.49. The van der Waals surface area contributed by atoms with Crippen molar-refractivity contribution in [2.24, 2.45) is 0 Å². The fourth-order valence-electron chi connectivity index (χ4n) is 1.32. The van der Waals surface area contributed by atoms with E-state index in [0.717, 1.165) is 15.9 Å². The molecule has 0 aromatic carbocycles.